The maximum atomic E-state index is 12.7. The van der Waals surface area contributed by atoms with Crippen LogP contribution in [0, 0.1) is 20.2 Å². The number of amides is 1. The SMILES string of the molecule is O=C(c1cc([N+](=O)[O-])cc([N+](=O)[O-])c1)N1CCC(NCc2ccccc2)C1. The summed E-state index contributed by atoms with van der Waals surface area (Å²) in [5, 5.41) is 25.4. The fourth-order valence-corrected chi connectivity index (χ4v) is 3.08. The van der Waals surface area contributed by atoms with E-state index in [-0.39, 0.29) is 11.6 Å². The second kappa shape index (κ2) is 7.92. The number of hydrogen-bond acceptors (Lipinski definition) is 6. The average molecular weight is 370 g/mol. The second-order valence-electron chi connectivity index (χ2n) is 6.36. The normalized spacial score (nSPS) is 16.3. The van der Waals surface area contributed by atoms with Gasteiger partial charge in [-0.15, -0.1) is 0 Å². The van der Waals surface area contributed by atoms with Crippen molar-refractivity contribution in [1.82, 2.24) is 10.2 Å². The molecule has 0 aromatic heterocycles. The molecule has 9 nitrogen and oxygen atoms in total. The van der Waals surface area contributed by atoms with Crippen molar-refractivity contribution < 1.29 is 14.6 Å². The van der Waals surface area contributed by atoms with Gasteiger partial charge in [-0.2, -0.15) is 0 Å². The molecule has 1 heterocycles. The summed E-state index contributed by atoms with van der Waals surface area (Å²) in [7, 11) is 0. The Morgan fingerprint density at radius 3 is 2.30 bits per heavy atom. The van der Waals surface area contributed by atoms with Gasteiger partial charge in [-0.25, -0.2) is 0 Å². The molecule has 1 fully saturated rings. The number of likely N-dealkylation sites (tertiary alicyclic amines) is 1. The van der Waals surface area contributed by atoms with Crippen LogP contribution in [0.1, 0.15) is 22.3 Å². The molecular formula is C18H18N4O5. The van der Waals surface area contributed by atoms with Crippen LogP contribution in [0.5, 0.6) is 0 Å². The Bertz CT molecular complexity index is 839. The second-order valence-corrected chi connectivity index (χ2v) is 6.36. The van der Waals surface area contributed by atoms with Gasteiger partial charge in [0.15, 0.2) is 0 Å². The topological polar surface area (TPSA) is 119 Å². The van der Waals surface area contributed by atoms with E-state index in [1.54, 1.807) is 4.90 Å². The molecular weight excluding hydrogens is 352 g/mol. The van der Waals surface area contributed by atoms with E-state index in [0.29, 0.717) is 19.6 Å². The summed E-state index contributed by atoms with van der Waals surface area (Å²) in [6.45, 7) is 1.61. The standard InChI is InChI=1S/C18H18N4O5/c23-18(14-8-16(21(24)25)10-17(9-14)22(26)27)20-7-6-15(12-20)19-11-13-4-2-1-3-5-13/h1-5,8-10,15,19H,6-7,11-12H2. The van der Waals surface area contributed by atoms with Crippen molar-refractivity contribution in [2.24, 2.45) is 0 Å². The van der Waals surface area contributed by atoms with Crippen LogP contribution >= 0.6 is 0 Å². The fourth-order valence-electron chi connectivity index (χ4n) is 3.08. The van der Waals surface area contributed by atoms with Crippen molar-refractivity contribution in [1.29, 1.82) is 0 Å². The molecule has 1 unspecified atom stereocenters. The molecule has 1 aliphatic rings. The fraction of sp³-hybridized carbons (Fsp3) is 0.278. The Morgan fingerprint density at radius 1 is 1.07 bits per heavy atom. The number of nitrogens with zero attached hydrogens (tertiary/aromatic N) is 3. The Balaban J connectivity index is 1.68. The quantitative estimate of drug-likeness (QED) is 0.616. The van der Waals surface area contributed by atoms with Crippen molar-refractivity contribution in [3.8, 4) is 0 Å². The van der Waals surface area contributed by atoms with Crippen molar-refractivity contribution >= 4 is 17.3 Å². The highest BCUT2D eigenvalue weighted by Gasteiger charge is 2.29. The van der Waals surface area contributed by atoms with Crippen LogP contribution < -0.4 is 5.32 Å². The number of nitro groups is 2. The van der Waals surface area contributed by atoms with Gasteiger partial charge in [0.25, 0.3) is 17.3 Å². The van der Waals surface area contributed by atoms with Gasteiger partial charge in [-0.3, -0.25) is 25.0 Å². The third-order valence-electron chi connectivity index (χ3n) is 4.48. The number of nitrogens with one attached hydrogen (secondary N) is 1. The molecule has 140 valence electrons. The van der Waals surface area contributed by atoms with Gasteiger partial charge >= 0.3 is 0 Å². The van der Waals surface area contributed by atoms with E-state index in [2.05, 4.69) is 5.32 Å². The first-order valence-corrected chi connectivity index (χ1v) is 8.44. The predicted molar refractivity (Wildman–Crippen MR) is 97.3 cm³/mol. The van der Waals surface area contributed by atoms with Gasteiger partial charge in [-0.1, -0.05) is 30.3 Å². The third kappa shape index (κ3) is 4.45. The lowest BCUT2D eigenvalue weighted by Gasteiger charge is -2.17. The molecule has 1 amide bonds. The lowest BCUT2D eigenvalue weighted by Crippen LogP contribution is -2.34. The Labute approximate surface area is 154 Å². The summed E-state index contributed by atoms with van der Waals surface area (Å²) in [6, 6.07) is 13.0. The minimum Gasteiger partial charge on any atom is -0.337 e. The molecule has 1 N–H and O–H groups in total. The maximum Gasteiger partial charge on any atom is 0.277 e. The molecule has 9 heteroatoms. The van der Waals surface area contributed by atoms with Gasteiger partial charge in [0, 0.05) is 37.8 Å². The average Bonchev–Trinajstić information content (AvgIpc) is 3.15. The van der Waals surface area contributed by atoms with E-state index in [1.807, 2.05) is 30.3 Å². The first-order chi connectivity index (χ1) is 12.9. The van der Waals surface area contributed by atoms with Gasteiger partial charge < -0.3 is 10.2 Å². The first-order valence-electron chi connectivity index (χ1n) is 8.44. The molecule has 2 aromatic carbocycles. The monoisotopic (exact) mass is 370 g/mol. The predicted octanol–water partition coefficient (Wildman–Crippen LogP) is 2.51. The summed E-state index contributed by atoms with van der Waals surface area (Å²) < 4.78 is 0. The van der Waals surface area contributed by atoms with Crippen molar-refractivity contribution in [2.45, 2.75) is 19.0 Å². The Hall–Kier alpha value is -3.33. The zero-order valence-corrected chi connectivity index (χ0v) is 14.4. The smallest absolute Gasteiger partial charge is 0.277 e. The maximum absolute atomic E-state index is 12.7. The number of nitro benzene ring substituents is 2. The minimum atomic E-state index is -0.738. The molecule has 0 aliphatic carbocycles. The van der Waals surface area contributed by atoms with E-state index in [4.69, 9.17) is 0 Å². The van der Waals surface area contributed by atoms with Crippen molar-refractivity contribution in [3.63, 3.8) is 0 Å². The highest BCUT2D eigenvalue weighted by atomic mass is 16.6. The molecule has 1 saturated heterocycles. The Kier molecular flexibility index (Phi) is 5.41. The van der Waals surface area contributed by atoms with Gasteiger partial charge in [0.05, 0.1) is 21.5 Å². The van der Waals surface area contributed by atoms with Crippen LogP contribution in [0.2, 0.25) is 0 Å². The summed E-state index contributed by atoms with van der Waals surface area (Å²) in [5.41, 5.74) is 0.159. The lowest BCUT2D eigenvalue weighted by molar-refractivity contribution is -0.394. The number of non-ortho nitro benzene ring substituents is 2. The van der Waals surface area contributed by atoms with Gasteiger partial charge in [0.2, 0.25) is 0 Å². The number of rotatable bonds is 6. The summed E-state index contributed by atoms with van der Waals surface area (Å²) in [4.78, 5) is 34.7. The number of carbonyl (C=O) groups excluding carboxylic acids is 1. The van der Waals surface area contributed by atoms with Crippen LogP contribution in [0.15, 0.2) is 48.5 Å². The van der Waals surface area contributed by atoms with E-state index >= 15 is 0 Å². The summed E-state index contributed by atoms with van der Waals surface area (Å²) in [5.74, 6) is -0.439. The third-order valence-corrected chi connectivity index (χ3v) is 4.48. The van der Waals surface area contributed by atoms with Crippen LogP contribution in [-0.4, -0.2) is 39.8 Å². The zero-order chi connectivity index (χ0) is 19.4. The number of carbonyl (C=O) groups is 1. The van der Waals surface area contributed by atoms with E-state index in [1.165, 1.54) is 0 Å². The molecule has 2 aromatic rings. The Morgan fingerprint density at radius 2 is 1.70 bits per heavy atom. The molecule has 0 radical (unpaired) electrons. The molecule has 27 heavy (non-hydrogen) atoms. The van der Waals surface area contributed by atoms with Crippen molar-refractivity contribution in [2.75, 3.05) is 13.1 Å². The highest BCUT2D eigenvalue weighted by molar-refractivity contribution is 5.95. The number of benzene rings is 2. The largest absolute Gasteiger partial charge is 0.337 e. The van der Waals surface area contributed by atoms with E-state index < -0.39 is 27.1 Å². The van der Waals surface area contributed by atoms with Crippen LogP contribution in [0.3, 0.4) is 0 Å². The van der Waals surface area contributed by atoms with Crippen LogP contribution in [-0.2, 0) is 6.54 Å². The van der Waals surface area contributed by atoms with Crippen molar-refractivity contribution in [3.05, 3.63) is 79.9 Å². The molecule has 0 saturated carbocycles. The summed E-state index contributed by atoms with van der Waals surface area (Å²) in [6.07, 6.45) is 0.746. The van der Waals surface area contributed by atoms with Gasteiger partial charge in [0.1, 0.15) is 0 Å². The molecule has 3 rings (SSSR count). The molecule has 1 aliphatic heterocycles. The summed E-state index contributed by atoms with van der Waals surface area (Å²) >= 11 is 0. The minimum absolute atomic E-state index is 0.0420. The molecule has 0 spiro atoms. The van der Waals surface area contributed by atoms with E-state index in [9.17, 15) is 25.0 Å². The first kappa shape index (κ1) is 18.5. The van der Waals surface area contributed by atoms with Crippen LogP contribution in [0.4, 0.5) is 11.4 Å². The molecule has 1 atom stereocenters. The highest BCUT2D eigenvalue weighted by Crippen LogP contribution is 2.24. The molecule has 0 bridgehead atoms. The van der Waals surface area contributed by atoms with Crippen LogP contribution in [0.25, 0.3) is 0 Å². The lowest BCUT2D eigenvalue weighted by atomic mass is 10.1. The number of hydrogen-bond donors (Lipinski definition) is 1. The van der Waals surface area contributed by atoms with E-state index in [0.717, 1.165) is 30.2 Å². The zero-order valence-electron chi connectivity index (χ0n) is 14.4. The van der Waals surface area contributed by atoms with Gasteiger partial charge in [-0.05, 0) is 12.0 Å².